The first-order valence-corrected chi connectivity index (χ1v) is 9.77. The third-order valence-electron chi connectivity index (χ3n) is 4.89. The number of likely N-dealkylation sites (tertiary alicyclic amines) is 1. The quantitative estimate of drug-likeness (QED) is 0.688. The maximum Gasteiger partial charge on any atom is 0.254 e. The number of aromatic nitrogens is 2. The van der Waals surface area contributed by atoms with Crippen LogP contribution in [0.2, 0.25) is 0 Å². The smallest absolute Gasteiger partial charge is 0.254 e. The van der Waals surface area contributed by atoms with Crippen LogP contribution in [0.15, 0.2) is 39.4 Å². The van der Waals surface area contributed by atoms with Crippen molar-refractivity contribution in [3.8, 4) is 23.0 Å². The van der Waals surface area contributed by atoms with Crippen molar-refractivity contribution in [1.82, 2.24) is 15.1 Å². The molecule has 1 saturated heterocycles. The van der Waals surface area contributed by atoms with E-state index in [1.807, 2.05) is 21.7 Å². The van der Waals surface area contributed by atoms with Crippen LogP contribution in [0.5, 0.6) is 11.5 Å². The molecule has 8 heteroatoms. The number of hydrogen-bond donors (Lipinski definition) is 0. The van der Waals surface area contributed by atoms with Crippen molar-refractivity contribution >= 4 is 17.2 Å². The average Bonchev–Trinajstić information content (AvgIpc) is 3.47. The van der Waals surface area contributed by atoms with Crippen molar-refractivity contribution in [2.75, 3.05) is 19.9 Å². The number of rotatable bonds is 3. The number of fused-ring (bicyclic) bond motifs is 1. The molecule has 0 aliphatic carbocycles. The summed E-state index contributed by atoms with van der Waals surface area (Å²) in [5, 5.41) is 12.3. The summed E-state index contributed by atoms with van der Waals surface area (Å²) in [4.78, 5) is 14.8. The average molecular weight is 383 g/mol. The van der Waals surface area contributed by atoms with Crippen molar-refractivity contribution in [1.29, 1.82) is 0 Å². The molecule has 0 radical (unpaired) electrons. The Morgan fingerprint density at radius 2 is 2.11 bits per heavy atom. The highest BCUT2D eigenvalue weighted by Gasteiger charge is 2.29. The van der Waals surface area contributed by atoms with Gasteiger partial charge in [-0.15, -0.1) is 10.2 Å². The fraction of sp³-hybridized carbons (Fsp3) is 0.316. The number of amides is 1. The number of ether oxygens (including phenoxy) is 2. The fourth-order valence-electron chi connectivity index (χ4n) is 3.48. The van der Waals surface area contributed by atoms with E-state index in [1.165, 1.54) is 0 Å². The Balaban J connectivity index is 1.33. The molecular weight excluding hydrogens is 366 g/mol. The SMILES string of the molecule is O=C(c1ccc2c(c1)OCO2)N1CCCC(c2nnc(-c3ccsc3)o2)C1. The number of nitrogens with zero attached hydrogens (tertiary/aromatic N) is 3. The molecule has 138 valence electrons. The van der Waals surface area contributed by atoms with E-state index in [0.717, 1.165) is 24.9 Å². The number of benzene rings is 1. The molecule has 1 unspecified atom stereocenters. The molecule has 0 bridgehead atoms. The van der Waals surface area contributed by atoms with Crippen LogP contribution in [0.3, 0.4) is 0 Å². The molecule has 2 aromatic heterocycles. The highest BCUT2D eigenvalue weighted by Crippen LogP contribution is 2.34. The van der Waals surface area contributed by atoms with E-state index < -0.39 is 0 Å². The van der Waals surface area contributed by atoms with Gasteiger partial charge in [0.05, 0.1) is 5.92 Å². The molecular formula is C19H17N3O4S. The van der Waals surface area contributed by atoms with Crippen LogP contribution in [0, 0.1) is 0 Å². The van der Waals surface area contributed by atoms with Crippen molar-refractivity contribution in [3.63, 3.8) is 0 Å². The minimum atomic E-state index is -0.0180. The van der Waals surface area contributed by atoms with Gasteiger partial charge in [0, 0.05) is 29.6 Å². The lowest BCUT2D eigenvalue weighted by molar-refractivity contribution is 0.0698. The first-order valence-electron chi connectivity index (χ1n) is 8.83. The molecule has 2 aliphatic rings. The largest absolute Gasteiger partial charge is 0.454 e. The highest BCUT2D eigenvalue weighted by atomic mass is 32.1. The minimum Gasteiger partial charge on any atom is -0.454 e. The maximum atomic E-state index is 12.9. The number of carbonyl (C=O) groups is 1. The molecule has 27 heavy (non-hydrogen) atoms. The predicted molar refractivity (Wildman–Crippen MR) is 98.1 cm³/mol. The second-order valence-electron chi connectivity index (χ2n) is 6.62. The normalized spacial score (nSPS) is 18.7. The highest BCUT2D eigenvalue weighted by molar-refractivity contribution is 7.08. The molecule has 1 atom stereocenters. The first kappa shape index (κ1) is 16.3. The van der Waals surface area contributed by atoms with E-state index >= 15 is 0 Å². The lowest BCUT2D eigenvalue weighted by Gasteiger charge is -2.31. The standard InChI is InChI=1S/C19H17N3O4S/c23-19(12-3-4-15-16(8-12)25-11-24-15)22-6-1-2-13(9-22)17-20-21-18(26-17)14-5-7-27-10-14/h3-5,7-8,10,13H,1-2,6,9,11H2. The van der Waals surface area contributed by atoms with Gasteiger partial charge in [-0.25, -0.2) is 0 Å². The third kappa shape index (κ3) is 3.06. The molecule has 1 amide bonds. The molecule has 1 aromatic carbocycles. The van der Waals surface area contributed by atoms with Crippen LogP contribution < -0.4 is 9.47 Å². The molecule has 0 N–H and O–H groups in total. The number of carbonyl (C=O) groups excluding carboxylic acids is 1. The van der Waals surface area contributed by atoms with Gasteiger partial charge in [-0.3, -0.25) is 4.79 Å². The zero-order valence-electron chi connectivity index (χ0n) is 14.5. The van der Waals surface area contributed by atoms with Crippen molar-refractivity contribution in [2.45, 2.75) is 18.8 Å². The summed E-state index contributed by atoms with van der Waals surface area (Å²) in [6.45, 7) is 1.48. The van der Waals surface area contributed by atoms with Gasteiger partial charge < -0.3 is 18.8 Å². The van der Waals surface area contributed by atoms with Crippen LogP contribution in [0.1, 0.15) is 35.0 Å². The summed E-state index contributed by atoms with van der Waals surface area (Å²) < 4.78 is 16.6. The summed E-state index contributed by atoms with van der Waals surface area (Å²) in [6, 6.07) is 7.26. The Morgan fingerprint density at radius 1 is 1.19 bits per heavy atom. The van der Waals surface area contributed by atoms with Gasteiger partial charge in [0.25, 0.3) is 5.91 Å². The summed E-state index contributed by atoms with van der Waals surface area (Å²) in [6.07, 6.45) is 1.83. The van der Waals surface area contributed by atoms with E-state index in [0.29, 0.717) is 35.4 Å². The van der Waals surface area contributed by atoms with Crippen molar-refractivity contribution in [3.05, 3.63) is 46.5 Å². The number of piperidine rings is 1. The maximum absolute atomic E-state index is 12.9. The third-order valence-corrected chi connectivity index (χ3v) is 5.57. The number of hydrogen-bond acceptors (Lipinski definition) is 7. The zero-order valence-corrected chi connectivity index (χ0v) is 15.3. The monoisotopic (exact) mass is 383 g/mol. The molecule has 7 nitrogen and oxygen atoms in total. The second-order valence-corrected chi connectivity index (χ2v) is 7.40. The molecule has 4 heterocycles. The Hall–Kier alpha value is -2.87. The van der Waals surface area contributed by atoms with E-state index in [9.17, 15) is 4.79 Å². The Bertz CT molecular complexity index is 969. The van der Waals surface area contributed by atoms with E-state index in [-0.39, 0.29) is 18.6 Å². The number of thiophene rings is 1. The van der Waals surface area contributed by atoms with Gasteiger partial charge in [-0.1, -0.05) is 0 Å². The lowest BCUT2D eigenvalue weighted by Crippen LogP contribution is -2.39. The van der Waals surface area contributed by atoms with Gasteiger partial charge in [-0.2, -0.15) is 11.3 Å². The van der Waals surface area contributed by atoms with E-state index in [2.05, 4.69) is 10.2 Å². The van der Waals surface area contributed by atoms with Crippen LogP contribution >= 0.6 is 11.3 Å². The van der Waals surface area contributed by atoms with Crippen molar-refractivity contribution in [2.24, 2.45) is 0 Å². The summed E-state index contributed by atoms with van der Waals surface area (Å²) in [5.74, 6) is 2.46. The van der Waals surface area contributed by atoms with E-state index in [1.54, 1.807) is 29.5 Å². The molecule has 1 fully saturated rings. The predicted octanol–water partition coefficient (Wildman–Crippen LogP) is 3.55. The minimum absolute atomic E-state index is 0.0180. The summed E-state index contributed by atoms with van der Waals surface area (Å²) in [5.41, 5.74) is 1.53. The lowest BCUT2D eigenvalue weighted by atomic mass is 9.97. The Kier molecular flexibility index (Phi) is 4.05. The second kappa shape index (κ2) is 6.70. The fourth-order valence-corrected chi connectivity index (χ4v) is 4.11. The van der Waals surface area contributed by atoms with Crippen LogP contribution in [0.4, 0.5) is 0 Å². The van der Waals surface area contributed by atoms with Gasteiger partial charge >= 0.3 is 0 Å². The van der Waals surface area contributed by atoms with Crippen molar-refractivity contribution < 1.29 is 18.7 Å². The van der Waals surface area contributed by atoms with E-state index in [4.69, 9.17) is 13.9 Å². The topological polar surface area (TPSA) is 77.7 Å². The Morgan fingerprint density at radius 3 is 3.00 bits per heavy atom. The first-order chi connectivity index (χ1) is 13.3. The van der Waals surface area contributed by atoms with Gasteiger partial charge in [-0.05, 0) is 42.5 Å². The van der Waals surface area contributed by atoms with Crippen LogP contribution in [-0.2, 0) is 0 Å². The van der Waals surface area contributed by atoms with Gasteiger partial charge in [0.15, 0.2) is 11.5 Å². The molecule has 2 aliphatic heterocycles. The van der Waals surface area contributed by atoms with Crippen LogP contribution in [-0.4, -0.2) is 40.9 Å². The molecule has 0 saturated carbocycles. The summed E-state index contributed by atoms with van der Waals surface area (Å²) in [7, 11) is 0. The molecule has 3 aromatic rings. The van der Waals surface area contributed by atoms with Crippen LogP contribution in [0.25, 0.3) is 11.5 Å². The van der Waals surface area contributed by atoms with Gasteiger partial charge in [0.1, 0.15) is 0 Å². The molecule has 0 spiro atoms. The molecule has 5 rings (SSSR count). The van der Waals surface area contributed by atoms with Gasteiger partial charge in [0.2, 0.25) is 18.6 Å². The zero-order chi connectivity index (χ0) is 18.2. The summed E-state index contributed by atoms with van der Waals surface area (Å²) >= 11 is 1.59. The Labute approximate surface area is 159 Å².